The van der Waals surface area contributed by atoms with E-state index in [4.69, 9.17) is 14.2 Å². The van der Waals surface area contributed by atoms with Crippen molar-refractivity contribution in [3.63, 3.8) is 0 Å². The summed E-state index contributed by atoms with van der Waals surface area (Å²) < 4.78 is 16.1. The summed E-state index contributed by atoms with van der Waals surface area (Å²) in [5.41, 5.74) is 0.669. The minimum absolute atomic E-state index is 0.187. The smallest absolute Gasteiger partial charge is 0.293 e. The summed E-state index contributed by atoms with van der Waals surface area (Å²) in [5.74, 6) is 1.58. The van der Waals surface area contributed by atoms with E-state index in [0.29, 0.717) is 27.7 Å². The van der Waals surface area contributed by atoms with Gasteiger partial charge in [-0.3, -0.25) is 14.5 Å². The predicted molar refractivity (Wildman–Crippen MR) is 104 cm³/mol. The van der Waals surface area contributed by atoms with Gasteiger partial charge in [-0.1, -0.05) is 18.2 Å². The monoisotopic (exact) mass is 385 g/mol. The predicted octanol–water partition coefficient (Wildman–Crippen LogP) is 3.82. The first-order valence-electron chi connectivity index (χ1n) is 8.27. The molecule has 2 aromatic carbocycles. The molecule has 0 unspecified atom stereocenters. The van der Waals surface area contributed by atoms with Crippen molar-refractivity contribution in [2.75, 3.05) is 27.4 Å². The van der Waals surface area contributed by atoms with Gasteiger partial charge < -0.3 is 14.2 Å². The highest BCUT2D eigenvalue weighted by atomic mass is 32.2. The fraction of sp³-hybridized carbons (Fsp3) is 0.200. The minimum Gasteiger partial charge on any atom is -0.497 e. The Hall–Kier alpha value is -2.93. The fourth-order valence-corrected chi connectivity index (χ4v) is 3.41. The van der Waals surface area contributed by atoms with Gasteiger partial charge in [0, 0.05) is 5.56 Å². The summed E-state index contributed by atoms with van der Waals surface area (Å²) >= 11 is 0.902. The Morgan fingerprint density at radius 2 is 1.78 bits per heavy atom. The van der Waals surface area contributed by atoms with Gasteiger partial charge in [-0.2, -0.15) is 0 Å². The van der Waals surface area contributed by atoms with Crippen LogP contribution in [0.3, 0.4) is 0 Å². The molecule has 6 nitrogen and oxygen atoms in total. The average molecular weight is 385 g/mol. The molecule has 0 radical (unpaired) electrons. The van der Waals surface area contributed by atoms with Gasteiger partial charge in [0.15, 0.2) is 0 Å². The van der Waals surface area contributed by atoms with Crippen LogP contribution in [0.1, 0.15) is 5.56 Å². The molecule has 1 fully saturated rings. The molecule has 27 heavy (non-hydrogen) atoms. The lowest BCUT2D eigenvalue weighted by molar-refractivity contribution is -0.123. The quantitative estimate of drug-likeness (QED) is 0.675. The highest BCUT2D eigenvalue weighted by Crippen LogP contribution is 2.34. The van der Waals surface area contributed by atoms with Gasteiger partial charge in [-0.15, -0.1) is 0 Å². The Labute approximate surface area is 161 Å². The molecule has 7 heteroatoms. The number of hydrogen-bond acceptors (Lipinski definition) is 6. The number of nitrogens with zero attached hydrogens (tertiary/aromatic N) is 1. The van der Waals surface area contributed by atoms with E-state index in [0.717, 1.165) is 11.8 Å². The lowest BCUT2D eigenvalue weighted by Crippen LogP contribution is -2.32. The van der Waals surface area contributed by atoms with E-state index in [-0.39, 0.29) is 24.3 Å². The average Bonchev–Trinajstić information content (AvgIpc) is 2.96. The van der Waals surface area contributed by atoms with E-state index in [2.05, 4.69) is 0 Å². The van der Waals surface area contributed by atoms with E-state index in [1.165, 1.54) is 4.90 Å². The number of imide groups is 1. The van der Waals surface area contributed by atoms with E-state index in [1.54, 1.807) is 38.5 Å². The van der Waals surface area contributed by atoms with Crippen LogP contribution in [-0.4, -0.2) is 43.4 Å². The van der Waals surface area contributed by atoms with Crippen molar-refractivity contribution in [1.29, 1.82) is 0 Å². The van der Waals surface area contributed by atoms with Crippen molar-refractivity contribution in [3.05, 3.63) is 59.0 Å². The molecule has 0 aliphatic carbocycles. The van der Waals surface area contributed by atoms with Crippen LogP contribution in [0.25, 0.3) is 6.08 Å². The summed E-state index contributed by atoms with van der Waals surface area (Å²) in [4.78, 5) is 26.4. The molecular weight excluding hydrogens is 366 g/mol. The molecule has 140 valence electrons. The van der Waals surface area contributed by atoms with Crippen LogP contribution in [0.5, 0.6) is 17.2 Å². The topological polar surface area (TPSA) is 65.1 Å². The largest absolute Gasteiger partial charge is 0.497 e. The number of thioether (sulfide) groups is 1. The van der Waals surface area contributed by atoms with Gasteiger partial charge in [0.2, 0.25) is 0 Å². The number of carbonyl (C=O) groups is 2. The Bertz CT molecular complexity index is 866. The van der Waals surface area contributed by atoms with Crippen LogP contribution in [0.2, 0.25) is 0 Å². The molecule has 1 saturated heterocycles. The highest BCUT2D eigenvalue weighted by Gasteiger charge is 2.35. The van der Waals surface area contributed by atoms with Crippen LogP contribution < -0.4 is 14.2 Å². The van der Waals surface area contributed by atoms with Crippen molar-refractivity contribution >= 4 is 29.0 Å². The number of ether oxygens (including phenoxy) is 3. The third-order valence-electron chi connectivity index (χ3n) is 3.92. The van der Waals surface area contributed by atoms with Crippen molar-refractivity contribution in [3.8, 4) is 17.2 Å². The van der Waals surface area contributed by atoms with Crippen LogP contribution in [0.15, 0.2) is 53.4 Å². The number of methoxy groups -OCH3 is 2. The van der Waals surface area contributed by atoms with E-state index in [9.17, 15) is 9.59 Å². The third-order valence-corrected chi connectivity index (χ3v) is 4.83. The molecule has 0 aromatic heterocycles. The number of benzene rings is 2. The molecule has 0 spiro atoms. The van der Waals surface area contributed by atoms with Crippen molar-refractivity contribution < 1.29 is 23.8 Å². The molecule has 1 aliphatic heterocycles. The zero-order valence-corrected chi connectivity index (χ0v) is 15.8. The molecule has 0 bridgehead atoms. The van der Waals surface area contributed by atoms with Crippen molar-refractivity contribution in [2.45, 2.75) is 0 Å². The Kier molecular flexibility index (Phi) is 6.03. The normalized spacial score (nSPS) is 15.3. The summed E-state index contributed by atoms with van der Waals surface area (Å²) in [6, 6.07) is 14.5. The first kappa shape index (κ1) is 18.8. The summed E-state index contributed by atoms with van der Waals surface area (Å²) in [5, 5.41) is -0.315. The van der Waals surface area contributed by atoms with Gasteiger partial charge in [-0.05, 0) is 48.2 Å². The zero-order chi connectivity index (χ0) is 19.2. The third kappa shape index (κ3) is 4.43. The number of amides is 2. The summed E-state index contributed by atoms with van der Waals surface area (Å²) in [6.45, 7) is 0.421. The van der Waals surface area contributed by atoms with Gasteiger partial charge in [-0.25, -0.2) is 0 Å². The maximum absolute atomic E-state index is 12.6. The summed E-state index contributed by atoms with van der Waals surface area (Å²) in [7, 11) is 3.11. The SMILES string of the molecule is COc1ccc(OC)c(/C=C2\SC(=O)N(CCOc3ccccc3)C2=O)c1. The van der Waals surface area contributed by atoms with E-state index >= 15 is 0 Å². The second-order valence-corrected chi connectivity index (χ2v) is 6.60. The standard InChI is InChI=1S/C20H19NO5S/c1-24-16-8-9-17(25-2)14(12-16)13-18-19(22)21(20(23)27-18)10-11-26-15-6-4-3-5-7-15/h3-9,12-13H,10-11H2,1-2H3/b18-13-. The zero-order valence-electron chi connectivity index (χ0n) is 15.0. The van der Waals surface area contributed by atoms with Crippen molar-refractivity contribution in [2.24, 2.45) is 0 Å². The summed E-state index contributed by atoms with van der Waals surface area (Å²) in [6.07, 6.45) is 1.64. The van der Waals surface area contributed by atoms with Gasteiger partial charge in [0.05, 0.1) is 25.7 Å². The molecule has 1 heterocycles. The van der Waals surface area contributed by atoms with Gasteiger partial charge >= 0.3 is 0 Å². The maximum Gasteiger partial charge on any atom is 0.293 e. The van der Waals surface area contributed by atoms with E-state index < -0.39 is 0 Å². The number of para-hydroxylation sites is 1. The van der Waals surface area contributed by atoms with Crippen LogP contribution >= 0.6 is 11.8 Å². The Morgan fingerprint density at radius 1 is 1.00 bits per heavy atom. The van der Waals surface area contributed by atoms with Crippen molar-refractivity contribution in [1.82, 2.24) is 4.90 Å². The number of rotatable bonds is 7. The lowest BCUT2D eigenvalue weighted by Gasteiger charge is -2.13. The maximum atomic E-state index is 12.6. The first-order valence-corrected chi connectivity index (χ1v) is 9.09. The number of hydrogen-bond donors (Lipinski definition) is 0. The van der Waals surface area contributed by atoms with Crippen LogP contribution in [-0.2, 0) is 4.79 Å². The lowest BCUT2D eigenvalue weighted by atomic mass is 10.1. The molecular formula is C20H19NO5S. The fourth-order valence-electron chi connectivity index (χ4n) is 2.56. The van der Waals surface area contributed by atoms with Crippen LogP contribution in [0.4, 0.5) is 4.79 Å². The molecule has 0 saturated carbocycles. The highest BCUT2D eigenvalue weighted by molar-refractivity contribution is 8.18. The molecule has 0 atom stereocenters. The molecule has 3 rings (SSSR count). The molecule has 2 amide bonds. The van der Waals surface area contributed by atoms with Gasteiger partial charge in [0.1, 0.15) is 23.9 Å². The van der Waals surface area contributed by atoms with Gasteiger partial charge in [0.25, 0.3) is 11.1 Å². The second kappa shape index (κ2) is 8.64. The second-order valence-electron chi connectivity index (χ2n) is 5.60. The minimum atomic E-state index is -0.341. The van der Waals surface area contributed by atoms with E-state index in [1.807, 2.05) is 30.3 Å². The molecule has 1 aliphatic rings. The Morgan fingerprint density at radius 3 is 2.48 bits per heavy atom. The van der Waals surface area contributed by atoms with Crippen LogP contribution in [0, 0.1) is 0 Å². The molecule has 0 N–H and O–H groups in total. The Balaban J connectivity index is 1.71. The number of carbonyl (C=O) groups excluding carboxylic acids is 2. The molecule has 2 aromatic rings. The first-order chi connectivity index (χ1) is 13.1.